The number of benzene rings is 1. The Labute approximate surface area is 277 Å². The molecule has 3 N–H and O–H groups in total. The van der Waals surface area contributed by atoms with E-state index in [1.807, 2.05) is 6.07 Å². The van der Waals surface area contributed by atoms with Crippen LogP contribution in [0.1, 0.15) is 58.3 Å². The molecule has 2 heterocycles. The molecule has 16 nitrogen and oxygen atoms in total. The van der Waals surface area contributed by atoms with Crippen LogP contribution in [0, 0.1) is 17.2 Å². The van der Waals surface area contributed by atoms with Crippen LogP contribution in [0.3, 0.4) is 0 Å². The molecule has 0 amide bonds. The fraction of sp³-hybridized carbons (Fsp3) is 0.484. The number of methoxy groups -OCH3 is 1. The number of para-hydroxylation sites is 1. The lowest BCUT2D eigenvalue weighted by atomic mass is 9.92. The molecule has 1 saturated carbocycles. The van der Waals surface area contributed by atoms with Crippen LogP contribution in [-0.2, 0) is 42.4 Å². The van der Waals surface area contributed by atoms with Gasteiger partial charge in [0, 0.05) is 20.0 Å². The first-order valence-corrected chi connectivity index (χ1v) is 16.9. The summed E-state index contributed by atoms with van der Waals surface area (Å²) >= 11 is 0. The maximum atomic E-state index is 14.3. The molecule has 1 unspecified atom stereocenters. The number of nitrogens with zero attached hydrogens (tertiary/aromatic N) is 4. The van der Waals surface area contributed by atoms with Gasteiger partial charge in [-0.15, -0.1) is 0 Å². The van der Waals surface area contributed by atoms with Crippen molar-refractivity contribution < 1.29 is 46.9 Å². The molecule has 5 atom stereocenters. The third kappa shape index (κ3) is 8.87. The van der Waals surface area contributed by atoms with Crippen LogP contribution in [-0.4, -0.2) is 70.6 Å². The quantitative estimate of drug-likeness (QED) is 0.111. The number of esters is 3. The summed E-state index contributed by atoms with van der Waals surface area (Å²) < 4.78 is 49.7. The molecule has 1 aliphatic rings. The number of rotatable bonds is 18. The Morgan fingerprint density at radius 2 is 1.81 bits per heavy atom. The van der Waals surface area contributed by atoms with Crippen molar-refractivity contribution in [3.8, 4) is 11.8 Å². The smallest absolute Gasteiger partial charge is 0.459 e. The molecule has 0 aliphatic heterocycles. The molecule has 1 fully saturated rings. The van der Waals surface area contributed by atoms with E-state index in [0.29, 0.717) is 11.4 Å². The van der Waals surface area contributed by atoms with Crippen LogP contribution in [0.15, 0.2) is 48.8 Å². The number of nitriles is 1. The first-order chi connectivity index (χ1) is 23.0. The Hall–Kier alpha value is -4.55. The number of anilines is 1. The highest BCUT2D eigenvalue weighted by Crippen LogP contribution is 2.47. The molecule has 0 radical (unpaired) electrons. The molecule has 3 aromatic rings. The Morgan fingerprint density at radius 3 is 2.44 bits per heavy atom. The maximum absolute atomic E-state index is 14.3. The second-order valence-corrected chi connectivity index (χ2v) is 12.7. The summed E-state index contributed by atoms with van der Waals surface area (Å²) in [6.07, 6.45) is -0.361. The molecule has 4 rings (SSSR count). The summed E-state index contributed by atoms with van der Waals surface area (Å²) in [6.45, 7) is 3.86. The van der Waals surface area contributed by atoms with Gasteiger partial charge in [0.05, 0.1) is 12.3 Å². The number of fused-ring (bicyclic) bond motifs is 1. The fourth-order valence-electron chi connectivity index (χ4n) is 4.51. The molecule has 17 heteroatoms. The van der Waals surface area contributed by atoms with E-state index in [1.54, 1.807) is 31.2 Å². The number of carbonyl (C=O) groups excluding carboxylic acids is 3. The van der Waals surface area contributed by atoms with Gasteiger partial charge in [0.25, 0.3) is 0 Å². The number of aromatic nitrogens is 3. The van der Waals surface area contributed by atoms with Gasteiger partial charge in [0.1, 0.15) is 36.3 Å². The van der Waals surface area contributed by atoms with Gasteiger partial charge in [-0.3, -0.25) is 18.9 Å². The van der Waals surface area contributed by atoms with Crippen LogP contribution in [0.2, 0.25) is 0 Å². The Morgan fingerprint density at radius 1 is 1.12 bits per heavy atom. The molecule has 48 heavy (non-hydrogen) atoms. The second kappa shape index (κ2) is 16.0. The lowest BCUT2D eigenvalue weighted by Crippen LogP contribution is -2.53. The number of carbonyl (C=O) groups is 3. The monoisotopic (exact) mass is 686 g/mol. The van der Waals surface area contributed by atoms with Crippen molar-refractivity contribution in [3.05, 3.63) is 54.5 Å². The lowest BCUT2D eigenvalue weighted by Gasteiger charge is -2.37. The molecule has 2 aromatic heterocycles. The predicted molar refractivity (Wildman–Crippen MR) is 169 cm³/mol. The van der Waals surface area contributed by atoms with Crippen LogP contribution in [0.4, 0.5) is 5.82 Å². The Kier molecular flexibility index (Phi) is 12.1. The molecular formula is C31H39N6O10P. The van der Waals surface area contributed by atoms with Crippen molar-refractivity contribution >= 4 is 37.0 Å². The van der Waals surface area contributed by atoms with E-state index < -0.39 is 56.1 Å². The SMILES string of the molecule is CCC(=O)O[C@@H](c1ccc2c(N)ncnn12)[C@H](OC(=O)CC)[C@@](C#N)(COP(=O)(N[C@@H](C)C(=O)OCC1CC1)Oc1ccccc1)OC. The van der Waals surface area contributed by atoms with Gasteiger partial charge < -0.3 is 29.2 Å². The molecule has 1 aromatic carbocycles. The van der Waals surface area contributed by atoms with Gasteiger partial charge in [0.2, 0.25) is 5.60 Å². The van der Waals surface area contributed by atoms with E-state index >= 15 is 0 Å². The van der Waals surface area contributed by atoms with E-state index in [-0.39, 0.29) is 36.7 Å². The lowest BCUT2D eigenvalue weighted by molar-refractivity contribution is -0.193. The van der Waals surface area contributed by atoms with E-state index in [4.69, 9.17) is 33.7 Å². The zero-order valence-electron chi connectivity index (χ0n) is 27.1. The number of ether oxygens (including phenoxy) is 4. The largest absolute Gasteiger partial charge is 0.464 e. The van der Waals surface area contributed by atoms with Crippen molar-refractivity contribution in [2.24, 2.45) is 5.92 Å². The maximum Gasteiger partial charge on any atom is 0.459 e. The standard InChI is InChI=1S/C31H39N6O10P/c1-5-25(38)45-27(23-14-15-24-29(33)34-19-35-37(23)24)28(46-26(39)6-2)31(17-32,42-4)18-44-48(41,47-22-10-8-7-9-11-22)36-20(3)30(40)43-16-21-12-13-21/h7-11,14-15,19-21,27-28H,5-6,12-13,16,18H2,1-4H3,(H,36,41)(H2,33,34,35)/t20-,27-,28-,31+,48?/m0/s1. The first kappa shape index (κ1) is 36.3. The fourth-order valence-corrected chi connectivity index (χ4v) is 6.03. The summed E-state index contributed by atoms with van der Waals surface area (Å²) in [6, 6.07) is 11.9. The minimum absolute atomic E-state index is 0.0762. The zero-order chi connectivity index (χ0) is 34.9. The van der Waals surface area contributed by atoms with E-state index in [0.717, 1.165) is 20.0 Å². The van der Waals surface area contributed by atoms with Gasteiger partial charge >= 0.3 is 25.7 Å². The summed E-state index contributed by atoms with van der Waals surface area (Å²) in [7, 11) is -3.39. The molecule has 0 saturated heterocycles. The van der Waals surface area contributed by atoms with Gasteiger partial charge in [0.15, 0.2) is 18.0 Å². The molecular weight excluding hydrogens is 647 g/mol. The van der Waals surface area contributed by atoms with Crippen molar-refractivity contribution in [1.82, 2.24) is 19.7 Å². The first-order valence-electron chi connectivity index (χ1n) is 15.3. The van der Waals surface area contributed by atoms with E-state index in [9.17, 15) is 24.2 Å². The third-order valence-electron chi connectivity index (χ3n) is 7.47. The topological polar surface area (TPSA) is 216 Å². The number of hydrogen-bond donors (Lipinski definition) is 2. The van der Waals surface area contributed by atoms with Gasteiger partial charge in [-0.1, -0.05) is 32.0 Å². The number of hydrogen-bond acceptors (Lipinski definition) is 14. The van der Waals surface area contributed by atoms with Crippen molar-refractivity contribution in [1.29, 1.82) is 5.26 Å². The number of nitrogens with two attached hydrogens (primary N) is 1. The third-order valence-corrected chi connectivity index (χ3v) is 9.09. The summed E-state index contributed by atoms with van der Waals surface area (Å²) in [5.74, 6) is -1.66. The molecule has 0 spiro atoms. The van der Waals surface area contributed by atoms with Crippen molar-refractivity contribution in [2.45, 2.75) is 70.3 Å². The number of nitrogens with one attached hydrogen (secondary N) is 1. The highest BCUT2D eigenvalue weighted by molar-refractivity contribution is 7.52. The van der Waals surface area contributed by atoms with Crippen LogP contribution < -0.4 is 15.3 Å². The molecule has 258 valence electrons. The molecule has 0 bridgehead atoms. The van der Waals surface area contributed by atoms with Crippen LogP contribution in [0.25, 0.3) is 5.52 Å². The summed E-state index contributed by atoms with van der Waals surface area (Å²) in [4.78, 5) is 42.4. The van der Waals surface area contributed by atoms with E-state index in [2.05, 4.69) is 15.2 Å². The molecule has 1 aliphatic carbocycles. The predicted octanol–water partition coefficient (Wildman–Crippen LogP) is 3.67. The van der Waals surface area contributed by atoms with Crippen LogP contribution >= 0.6 is 7.75 Å². The highest BCUT2D eigenvalue weighted by Gasteiger charge is 2.52. The van der Waals surface area contributed by atoms with Gasteiger partial charge in [-0.2, -0.15) is 15.4 Å². The Bertz CT molecular complexity index is 1680. The van der Waals surface area contributed by atoms with Gasteiger partial charge in [-0.25, -0.2) is 14.1 Å². The average Bonchev–Trinajstić information content (AvgIpc) is 3.82. The van der Waals surface area contributed by atoms with Crippen LogP contribution in [0.5, 0.6) is 5.75 Å². The highest BCUT2D eigenvalue weighted by atomic mass is 31.2. The number of nitrogen functional groups attached to an aromatic ring is 1. The van der Waals surface area contributed by atoms with Gasteiger partial charge in [-0.05, 0) is 49.9 Å². The zero-order valence-corrected chi connectivity index (χ0v) is 28.0. The van der Waals surface area contributed by atoms with Crippen molar-refractivity contribution in [3.63, 3.8) is 0 Å². The Balaban J connectivity index is 1.73. The average molecular weight is 687 g/mol. The van der Waals surface area contributed by atoms with Crippen molar-refractivity contribution in [2.75, 3.05) is 26.1 Å². The summed E-state index contributed by atoms with van der Waals surface area (Å²) in [5, 5.41) is 17.4. The normalized spacial score (nSPS) is 17.1. The minimum atomic E-state index is -4.53. The van der Waals surface area contributed by atoms with E-state index in [1.165, 1.54) is 42.9 Å². The summed E-state index contributed by atoms with van der Waals surface area (Å²) in [5.41, 5.74) is 4.23. The second-order valence-electron chi connectivity index (χ2n) is 11.0. The minimum Gasteiger partial charge on any atom is -0.464 e.